The lowest BCUT2D eigenvalue weighted by atomic mass is 10.2. The molecule has 0 amide bonds. The van der Waals surface area contributed by atoms with Crippen molar-refractivity contribution in [2.45, 2.75) is 33.9 Å². The SMILES string of the molecule is CCNCc1cccc(Br)c1OCc1c(C)noc1C. The maximum absolute atomic E-state index is 5.98. The number of ether oxygens (including phenoxy) is 1. The molecule has 0 radical (unpaired) electrons. The molecule has 0 saturated carbocycles. The van der Waals surface area contributed by atoms with Gasteiger partial charge in [0.1, 0.15) is 18.1 Å². The molecule has 2 rings (SSSR count). The van der Waals surface area contributed by atoms with Crippen LogP contribution in [0.5, 0.6) is 5.75 Å². The molecular formula is C15H19BrN2O2. The average Bonchev–Trinajstić information content (AvgIpc) is 2.75. The van der Waals surface area contributed by atoms with E-state index in [4.69, 9.17) is 9.26 Å². The van der Waals surface area contributed by atoms with Gasteiger partial charge in [-0.25, -0.2) is 0 Å². The number of benzene rings is 1. The number of aryl methyl sites for hydroxylation is 2. The Bertz CT molecular complexity index is 562. The first kappa shape index (κ1) is 15.1. The summed E-state index contributed by atoms with van der Waals surface area (Å²) in [6.07, 6.45) is 0. The fourth-order valence-corrected chi connectivity index (χ4v) is 2.49. The van der Waals surface area contributed by atoms with E-state index in [1.54, 1.807) is 0 Å². The molecule has 1 N–H and O–H groups in total. The van der Waals surface area contributed by atoms with Crippen molar-refractivity contribution in [1.29, 1.82) is 0 Å². The van der Waals surface area contributed by atoms with Crippen LogP contribution in [0, 0.1) is 13.8 Å². The van der Waals surface area contributed by atoms with Crippen molar-refractivity contribution in [3.8, 4) is 5.75 Å². The van der Waals surface area contributed by atoms with Crippen molar-refractivity contribution >= 4 is 15.9 Å². The zero-order valence-electron chi connectivity index (χ0n) is 12.0. The van der Waals surface area contributed by atoms with Gasteiger partial charge in [-0.15, -0.1) is 0 Å². The van der Waals surface area contributed by atoms with E-state index < -0.39 is 0 Å². The summed E-state index contributed by atoms with van der Waals surface area (Å²) < 4.78 is 12.1. The summed E-state index contributed by atoms with van der Waals surface area (Å²) in [6, 6.07) is 6.06. The zero-order valence-corrected chi connectivity index (χ0v) is 13.6. The first-order valence-corrected chi connectivity index (χ1v) is 7.45. The van der Waals surface area contributed by atoms with Crippen LogP contribution in [0.4, 0.5) is 0 Å². The van der Waals surface area contributed by atoms with Crippen molar-refractivity contribution in [1.82, 2.24) is 10.5 Å². The van der Waals surface area contributed by atoms with Gasteiger partial charge in [0.25, 0.3) is 0 Å². The quantitative estimate of drug-likeness (QED) is 0.871. The molecule has 0 spiro atoms. The Labute approximate surface area is 127 Å². The van der Waals surface area contributed by atoms with Gasteiger partial charge >= 0.3 is 0 Å². The Hall–Kier alpha value is -1.33. The minimum atomic E-state index is 0.461. The average molecular weight is 339 g/mol. The molecule has 1 aromatic carbocycles. The molecule has 0 saturated heterocycles. The number of aromatic nitrogens is 1. The van der Waals surface area contributed by atoms with Crippen molar-refractivity contribution in [2.75, 3.05) is 6.54 Å². The molecule has 1 aromatic heterocycles. The molecule has 20 heavy (non-hydrogen) atoms. The van der Waals surface area contributed by atoms with Crippen molar-refractivity contribution in [3.05, 3.63) is 45.3 Å². The first-order chi connectivity index (χ1) is 9.63. The van der Waals surface area contributed by atoms with E-state index in [0.29, 0.717) is 6.61 Å². The Kier molecular flexibility index (Phi) is 5.20. The van der Waals surface area contributed by atoms with Crippen molar-refractivity contribution < 1.29 is 9.26 Å². The maximum Gasteiger partial charge on any atom is 0.140 e. The third kappa shape index (κ3) is 3.41. The van der Waals surface area contributed by atoms with E-state index in [-0.39, 0.29) is 0 Å². The molecular weight excluding hydrogens is 320 g/mol. The molecule has 1 heterocycles. The Balaban J connectivity index is 2.16. The highest BCUT2D eigenvalue weighted by molar-refractivity contribution is 9.10. The highest BCUT2D eigenvalue weighted by atomic mass is 79.9. The van der Waals surface area contributed by atoms with Crippen LogP contribution < -0.4 is 10.1 Å². The van der Waals surface area contributed by atoms with Crippen LogP contribution in [0.3, 0.4) is 0 Å². The Morgan fingerprint density at radius 1 is 1.35 bits per heavy atom. The molecule has 5 heteroatoms. The van der Waals surface area contributed by atoms with E-state index in [9.17, 15) is 0 Å². The normalized spacial score (nSPS) is 10.8. The minimum absolute atomic E-state index is 0.461. The van der Waals surface area contributed by atoms with Gasteiger partial charge in [-0.1, -0.05) is 24.2 Å². The van der Waals surface area contributed by atoms with Crippen LogP contribution in [0.25, 0.3) is 0 Å². The fraction of sp³-hybridized carbons (Fsp3) is 0.400. The molecule has 0 aliphatic rings. The molecule has 0 atom stereocenters. The van der Waals surface area contributed by atoms with Crippen LogP contribution in [0.15, 0.2) is 27.2 Å². The van der Waals surface area contributed by atoms with E-state index in [1.165, 1.54) is 0 Å². The second-order valence-electron chi connectivity index (χ2n) is 4.60. The Morgan fingerprint density at radius 2 is 2.15 bits per heavy atom. The van der Waals surface area contributed by atoms with Gasteiger partial charge in [0.2, 0.25) is 0 Å². The van der Waals surface area contributed by atoms with Gasteiger partial charge in [0.05, 0.1) is 15.7 Å². The molecule has 4 nitrogen and oxygen atoms in total. The first-order valence-electron chi connectivity index (χ1n) is 6.66. The molecule has 0 unspecified atom stereocenters. The lowest BCUT2D eigenvalue weighted by molar-refractivity contribution is 0.296. The molecule has 0 fully saturated rings. The van der Waals surface area contributed by atoms with Crippen molar-refractivity contribution in [2.24, 2.45) is 0 Å². The minimum Gasteiger partial charge on any atom is -0.487 e. The van der Waals surface area contributed by atoms with E-state index in [1.807, 2.05) is 26.0 Å². The fourth-order valence-electron chi connectivity index (χ4n) is 1.97. The maximum atomic E-state index is 5.98. The van der Waals surface area contributed by atoms with Gasteiger partial charge in [0, 0.05) is 12.1 Å². The van der Waals surface area contributed by atoms with Crippen LogP contribution >= 0.6 is 15.9 Å². The second kappa shape index (κ2) is 6.90. The number of halogens is 1. The number of nitrogens with one attached hydrogen (secondary N) is 1. The lowest BCUT2D eigenvalue weighted by Crippen LogP contribution is -2.13. The standard InChI is InChI=1S/C15H19BrN2O2/c1-4-17-8-12-6-5-7-14(16)15(12)19-9-13-10(2)18-20-11(13)3/h5-7,17H,4,8-9H2,1-3H3. The van der Waals surface area contributed by atoms with Gasteiger partial charge in [-0.05, 0) is 42.4 Å². The summed E-state index contributed by atoms with van der Waals surface area (Å²) in [5, 5.41) is 7.26. The molecule has 108 valence electrons. The summed E-state index contributed by atoms with van der Waals surface area (Å²) in [5.41, 5.74) is 3.02. The van der Waals surface area contributed by atoms with Gasteiger partial charge in [0.15, 0.2) is 0 Å². The Morgan fingerprint density at radius 3 is 2.80 bits per heavy atom. The van der Waals surface area contributed by atoms with Crippen molar-refractivity contribution in [3.63, 3.8) is 0 Å². The third-order valence-electron chi connectivity index (χ3n) is 3.16. The second-order valence-corrected chi connectivity index (χ2v) is 5.45. The van der Waals surface area contributed by atoms with Gasteiger partial charge in [-0.2, -0.15) is 0 Å². The van der Waals surface area contributed by atoms with Crippen LogP contribution in [-0.2, 0) is 13.2 Å². The molecule has 0 aliphatic carbocycles. The van der Waals surface area contributed by atoms with Crippen LogP contribution in [0.1, 0.15) is 29.5 Å². The largest absolute Gasteiger partial charge is 0.487 e. The topological polar surface area (TPSA) is 47.3 Å². The number of hydrogen-bond donors (Lipinski definition) is 1. The van der Waals surface area contributed by atoms with Gasteiger partial charge in [-0.3, -0.25) is 0 Å². The van der Waals surface area contributed by atoms with E-state index >= 15 is 0 Å². The van der Waals surface area contributed by atoms with Crippen LogP contribution in [-0.4, -0.2) is 11.7 Å². The third-order valence-corrected chi connectivity index (χ3v) is 3.78. The zero-order chi connectivity index (χ0) is 14.5. The predicted molar refractivity (Wildman–Crippen MR) is 81.8 cm³/mol. The van der Waals surface area contributed by atoms with Gasteiger partial charge < -0.3 is 14.6 Å². The molecule has 0 aliphatic heterocycles. The number of nitrogens with zero attached hydrogens (tertiary/aromatic N) is 1. The van der Waals surface area contributed by atoms with E-state index in [0.717, 1.165) is 45.9 Å². The highest BCUT2D eigenvalue weighted by Gasteiger charge is 2.13. The number of rotatable bonds is 6. The number of hydrogen-bond acceptors (Lipinski definition) is 4. The summed E-state index contributed by atoms with van der Waals surface area (Å²) in [7, 11) is 0. The predicted octanol–water partition coefficient (Wildman–Crippen LogP) is 3.74. The summed E-state index contributed by atoms with van der Waals surface area (Å²) in [5.74, 6) is 1.68. The highest BCUT2D eigenvalue weighted by Crippen LogP contribution is 2.30. The molecule has 0 bridgehead atoms. The smallest absolute Gasteiger partial charge is 0.140 e. The summed E-state index contributed by atoms with van der Waals surface area (Å²) in [4.78, 5) is 0. The van der Waals surface area contributed by atoms with E-state index in [2.05, 4.69) is 39.4 Å². The van der Waals surface area contributed by atoms with Crippen LogP contribution in [0.2, 0.25) is 0 Å². The number of para-hydroxylation sites is 1. The lowest BCUT2D eigenvalue weighted by Gasteiger charge is -2.13. The monoisotopic (exact) mass is 338 g/mol. The summed E-state index contributed by atoms with van der Waals surface area (Å²) in [6.45, 7) is 8.08. The molecule has 2 aromatic rings. The summed E-state index contributed by atoms with van der Waals surface area (Å²) >= 11 is 3.55.